The topological polar surface area (TPSA) is 60.4 Å². The second kappa shape index (κ2) is 7.45. The van der Waals surface area contributed by atoms with Gasteiger partial charge in [-0.3, -0.25) is 14.9 Å². The Morgan fingerprint density at radius 2 is 2.16 bits per heavy atom. The summed E-state index contributed by atoms with van der Waals surface area (Å²) in [6, 6.07) is 6.08. The highest BCUT2D eigenvalue weighted by Gasteiger charge is 2.47. The van der Waals surface area contributed by atoms with Gasteiger partial charge in [0, 0.05) is 44.8 Å². The van der Waals surface area contributed by atoms with E-state index in [1.54, 1.807) is 18.6 Å². The zero-order chi connectivity index (χ0) is 17.0. The first-order chi connectivity index (χ1) is 12.3. The first kappa shape index (κ1) is 16.4. The largest absolute Gasteiger partial charge is 0.477 e. The molecule has 1 spiro atoms. The summed E-state index contributed by atoms with van der Waals surface area (Å²) < 4.78 is 11.8. The van der Waals surface area contributed by atoms with Gasteiger partial charge in [-0.25, -0.2) is 4.98 Å². The van der Waals surface area contributed by atoms with E-state index in [0.717, 1.165) is 51.2 Å². The van der Waals surface area contributed by atoms with Gasteiger partial charge in [0.2, 0.25) is 5.88 Å². The Balaban J connectivity index is 1.22. The molecule has 132 valence electrons. The van der Waals surface area contributed by atoms with Gasteiger partial charge in [-0.1, -0.05) is 6.07 Å². The van der Waals surface area contributed by atoms with E-state index in [2.05, 4.69) is 25.9 Å². The predicted octanol–water partition coefficient (Wildman–Crippen LogP) is 2.32. The number of nitrogens with zero attached hydrogens (tertiary/aromatic N) is 4. The summed E-state index contributed by atoms with van der Waals surface area (Å²) in [5.41, 5.74) is 1.17. The molecule has 0 aliphatic carbocycles. The number of ether oxygens (including phenoxy) is 2. The van der Waals surface area contributed by atoms with Gasteiger partial charge in [0.05, 0.1) is 24.1 Å². The van der Waals surface area contributed by atoms with Crippen LogP contribution in [0.5, 0.6) is 5.88 Å². The van der Waals surface area contributed by atoms with Gasteiger partial charge < -0.3 is 9.47 Å². The van der Waals surface area contributed by atoms with Crippen molar-refractivity contribution in [2.24, 2.45) is 5.92 Å². The van der Waals surface area contributed by atoms with Crippen LogP contribution in [0.3, 0.4) is 0 Å². The molecule has 1 atom stereocenters. The standard InChI is InChI=1S/C19H24N4O2/c1-2-6-21-17(3-1)13-23-14-19(15-23)11-16(5-10-25-19)4-9-24-18-12-20-7-8-22-18/h1-3,6-8,12,16H,4-5,9-11,13-15H2/t16-/m0/s1. The second-order valence-electron chi connectivity index (χ2n) is 7.04. The highest BCUT2D eigenvalue weighted by Crippen LogP contribution is 2.38. The average molecular weight is 340 g/mol. The normalized spacial score (nSPS) is 22.5. The number of hydrogen-bond acceptors (Lipinski definition) is 6. The molecule has 2 aliphatic rings. The fourth-order valence-corrected chi connectivity index (χ4v) is 3.89. The monoisotopic (exact) mass is 340 g/mol. The lowest BCUT2D eigenvalue weighted by atomic mass is 9.79. The summed E-state index contributed by atoms with van der Waals surface area (Å²) >= 11 is 0. The molecule has 6 heteroatoms. The van der Waals surface area contributed by atoms with E-state index in [0.29, 0.717) is 18.4 Å². The van der Waals surface area contributed by atoms with Gasteiger partial charge in [-0.05, 0) is 37.3 Å². The van der Waals surface area contributed by atoms with Crippen LogP contribution in [0.4, 0.5) is 0 Å². The van der Waals surface area contributed by atoms with Gasteiger partial charge in [-0.15, -0.1) is 0 Å². The Labute approximate surface area is 148 Å². The lowest BCUT2D eigenvalue weighted by Crippen LogP contribution is -2.64. The van der Waals surface area contributed by atoms with E-state index < -0.39 is 0 Å². The van der Waals surface area contributed by atoms with Gasteiger partial charge in [0.1, 0.15) is 0 Å². The third kappa shape index (κ3) is 4.14. The van der Waals surface area contributed by atoms with Crippen molar-refractivity contribution in [2.45, 2.75) is 31.4 Å². The lowest BCUT2D eigenvalue weighted by molar-refractivity contribution is -0.182. The second-order valence-corrected chi connectivity index (χ2v) is 7.04. The number of pyridine rings is 1. The van der Waals surface area contributed by atoms with Gasteiger partial charge >= 0.3 is 0 Å². The minimum Gasteiger partial charge on any atom is -0.477 e. The van der Waals surface area contributed by atoms with Gasteiger partial charge in [0.25, 0.3) is 0 Å². The summed E-state index contributed by atoms with van der Waals surface area (Å²) in [4.78, 5) is 15.0. The molecular formula is C19H24N4O2. The van der Waals surface area contributed by atoms with Crippen LogP contribution in [-0.4, -0.2) is 51.8 Å². The van der Waals surface area contributed by atoms with Crippen molar-refractivity contribution in [3.05, 3.63) is 48.7 Å². The first-order valence-corrected chi connectivity index (χ1v) is 8.96. The van der Waals surface area contributed by atoms with E-state index >= 15 is 0 Å². The molecule has 0 aromatic carbocycles. The van der Waals surface area contributed by atoms with Crippen LogP contribution in [0.1, 0.15) is 25.0 Å². The molecule has 2 aliphatic heterocycles. The molecule has 6 nitrogen and oxygen atoms in total. The molecule has 25 heavy (non-hydrogen) atoms. The third-order valence-electron chi connectivity index (χ3n) is 5.05. The van der Waals surface area contributed by atoms with E-state index in [-0.39, 0.29) is 5.60 Å². The van der Waals surface area contributed by atoms with Crippen molar-refractivity contribution < 1.29 is 9.47 Å². The summed E-state index contributed by atoms with van der Waals surface area (Å²) in [7, 11) is 0. The number of aromatic nitrogens is 3. The van der Waals surface area contributed by atoms with Crippen LogP contribution in [0.25, 0.3) is 0 Å². The van der Waals surface area contributed by atoms with Crippen LogP contribution in [0.15, 0.2) is 43.0 Å². The maximum atomic E-state index is 6.14. The van der Waals surface area contributed by atoms with E-state index in [1.165, 1.54) is 0 Å². The van der Waals surface area contributed by atoms with Crippen LogP contribution in [0, 0.1) is 5.92 Å². The first-order valence-electron chi connectivity index (χ1n) is 8.96. The molecule has 0 bridgehead atoms. The van der Waals surface area contributed by atoms with Crippen molar-refractivity contribution in [3.8, 4) is 5.88 Å². The third-order valence-corrected chi connectivity index (χ3v) is 5.05. The maximum Gasteiger partial charge on any atom is 0.232 e. The SMILES string of the molecule is c1ccc(CN2CC3(C[C@@H](CCOc4cnccn4)CCO3)C2)nc1. The fourth-order valence-electron chi connectivity index (χ4n) is 3.89. The molecule has 2 saturated heterocycles. The van der Waals surface area contributed by atoms with Crippen molar-refractivity contribution in [1.82, 2.24) is 19.9 Å². The Morgan fingerprint density at radius 3 is 2.96 bits per heavy atom. The average Bonchev–Trinajstić information content (AvgIpc) is 2.63. The zero-order valence-electron chi connectivity index (χ0n) is 14.4. The molecule has 2 aromatic heterocycles. The summed E-state index contributed by atoms with van der Waals surface area (Å²) in [5, 5.41) is 0. The Bertz CT molecular complexity index is 662. The molecule has 2 fully saturated rings. The van der Waals surface area contributed by atoms with E-state index in [1.807, 2.05) is 18.3 Å². The molecule has 0 unspecified atom stereocenters. The Hall–Kier alpha value is -2.05. The van der Waals surface area contributed by atoms with Gasteiger partial charge in [-0.2, -0.15) is 0 Å². The Morgan fingerprint density at radius 1 is 1.20 bits per heavy atom. The van der Waals surface area contributed by atoms with E-state index in [9.17, 15) is 0 Å². The van der Waals surface area contributed by atoms with Crippen molar-refractivity contribution in [1.29, 1.82) is 0 Å². The molecule has 0 N–H and O–H groups in total. The highest BCUT2D eigenvalue weighted by molar-refractivity contribution is 5.07. The molecular weight excluding hydrogens is 316 g/mol. The predicted molar refractivity (Wildman–Crippen MR) is 93.1 cm³/mol. The van der Waals surface area contributed by atoms with Gasteiger partial charge in [0.15, 0.2) is 0 Å². The van der Waals surface area contributed by atoms with Crippen LogP contribution in [0.2, 0.25) is 0 Å². The molecule has 0 amide bonds. The van der Waals surface area contributed by atoms with Crippen molar-refractivity contribution in [3.63, 3.8) is 0 Å². The quantitative estimate of drug-likeness (QED) is 0.804. The van der Waals surface area contributed by atoms with Crippen molar-refractivity contribution in [2.75, 3.05) is 26.3 Å². The summed E-state index contributed by atoms with van der Waals surface area (Å²) in [5.74, 6) is 1.26. The molecule has 2 aromatic rings. The molecule has 4 rings (SSSR count). The zero-order valence-corrected chi connectivity index (χ0v) is 14.4. The molecule has 0 saturated carbocycles. The van der Waals surface area contributed by atoms with Crippen LogP contribution in [-0.2, 0) is 11.3 Å². The molecule has 0 radical (unpaired) electrons. The van der Waals surface area contributed by atoms with E-state index in [4.69, 9.17) is 9.47 Å². The van der Waals surface area contributed by atoms with Crippen LogP contribution >= 0.6 is 0 Å². The smallest absolute Gasteiger partial charge is 0.232 e. The van der Waals surface area contributed by atoms with Crippen molar-refractivity contribution >= 4 is 0 Å². The Kier molecular flexibility index (Phi) is 4.90. The minimum absolute atomic E-state index is 0.0459. The molecule has 4 heterocycles. The summed E-state index contributed by atoms with van der Waals surface area (Å²) in [6.07, 6.45) is 10.1. The lowest BCUT2D eigenvalue weighted by Gasteiger charge is -2.53. The fraction of sp³-hybridized carbons (Fsp3) is 0.526. The minimum atomic E-state index is 0.0459. The summed E-state index contributed by atoms with van der Waals surface area (Å²) in [6.45, 7) is 4.47. The number of rotatable bonds is 6. The van der Waals surface area contributed by atoms with Crippen LogP contribution < -0.4 is 4.74 Å². The number of likely N-dealkylation sites (tertiary alicyclic amines) is 1. The highest BCUT2D eigenvalue weighted by atomic mass is 16.5. The maximum absolute atomic E-state index is 6.14. The number of hydrogen-bond donors (Lipinski definition) is 0.